The zero-order chi connectivity index (χ0) is 11.8. The van der Waals surface area contributed by atoms with Crippen molar-refractivity contribution in [3.05, 3.63) is 46.2 Å². The fraction of sp³-hybridized carbons (Fsp3) is 0. The van der Waals surface area contributed by atoms with Crippen LogP contribution in [0.25, 0.3) is 22.0 Å². The number of rotatable bonds is 1. The fourth-order valence-corrected chi connectivity index (χ4v) is 2.74. The molecule has 3 aromatic rings. The average Bonchev–Trinajstić information content (AvgIpc) is 2.87. The normalized spacial score (nSPS) is 10.9. The molecule has 17 heavy (non-hydrogen) atoms. The lowest BCUT2D eigenvalue weighted by Crippen LogP contribution is -1.84. The van der Waals surface area contributed by atoms with Gasteiger partial charge < -0.3 is 5.11 Å². The van der Waals surface area contributed by atoms with Crippen molar-refractivity contribution in [1.82, 2.24) is 4.98 Å². The van der Waals surface area contributed by atoms with Crippen LogP contribution in [-0.4, -0.2) is 10.1 Å². The van der Waals surface area contributed by atoms with E-state index in [1.165, 1.54) is 0 Å². The number of aromatic hydroxyl groups is 1. The summed E-state index contributed by atoms with van der Waals surface area (Å²) in [5, 5.41) is 15.5. The molecule has 0 fully saturated rings. The molecule has 0 radical (unpaired) electrons. The summed E-state index contributed by atoms with van der Waals surface area (Å²) in [6.45, 7) is 0. The van der Waals surface area contributed by atoms with Crippen LogP contribution in [0.2, 0.25) is 5.02 Å². The number of hydrogen-bond donors (Lipinski definition) is 1. The molecule has 0 aliphatic heterocycles. The van der Waals surface area contributed by atoms with Gasteiger partial charge in [-0.25, -0.2) is 0 Å². The van der Waals surface area contributed by atoms with E-state index in [1.54, 1.807) is 29.7 Å². The minimum absolute atomic E-state index is 0.184. The molecule has 0 saturated carbocycles. The molecule has 2 heterocycles. The summed E-state index contributed by atoms with van der Waals surface area (Å²) in [5.41, 5.74) is 2.23. The Morgan fingerprint density at radius 1 is 1.29 bits per heavy atom. The smallest absolute Gasteiger partial charge is 0.149 e. The number of nitrogens with zero attached hydrogens (tertiary/aromatic N) is 1. The van der Waals surface area contributed by atoms with E-state index in [-0.39, 0.29) is 5.75 Å². The van der Waals surface area contributed by atoms with Crippen LogP contribution in [-0.2, 0) is 0 Å². The number of fused-ring (bicyclic) bond motifs is 1. The molecule has 0 spiro atoms. The first-order valence-electron chi connectivity index (χ1n) is 5.06. The van der Waals surface area contributed by atoms with Crippen LogP contribution in [0, 0.1) is 0 Å². The molecule has 1 aromatic carbocycles. The zero-order valence-electron chi connectivity index (χ0n) is 8.72. The number of halogens is 1. The van der Waals surface area contributed by atoms with Crippen molar-refractivity contribution in [2.45, 2.75) is 0 Å². The molecule has 3 rings (SSSR count). The topological polar surface area (TPSA) is 33.1 Å². The van der Waals surface area contributed by atoms with Crippen LogP contribution in [0.1, 0.15) is 0 Å². The van der Waals surface area contributed by atoms with Crippen LogP contribution >= 0.6 is 22.9 Å². The molecule has 2 nitrogen and oxygen atoms in total. The molecule has 4 heteroatoms. The van der Waals surface area contributed by atoms with E-state index in [4.69, 9.17) is 11.6 Å². The predicted octanol–water partition coefficient (Wildman–Crippen LogP) is 4.32. The maximum absolute atomic E-state index is 10.2. The van der Waals surface area contributed by atoms with Gasteiger partial charge in [0.25, 0.3) is 0 Å². The molecule has 0 atom stereocenters. The Morgan fingerprint density at radius 3 is 2.94 bits per heavy atom. The van der Waals surface area contributed by atoms with E-state index in [0.717, 1.165) is 16.5 Å². The maximum Gasteiger partial charge on any atom is 0.149 e. The molecule has 84 valence electrons. The summed E-state index contributed by atoms with van der Waals surface area (Å²) in [4.78, 5) is 4.18. The van der Waals surface area contributed by atoms with Crippen LogP contribution in [0.15, 0.2) is 41.2 Å². The van der Waals surface area contributed by atoms with Crippen molar-refractivity contribution >= 4 is 33.8 Å². The first-order chi connectivity index (χ1) is 8.27. The molecule has 0 amide bonds. The fourth-order valence-electron chi connectivity index (χ4n) is 1.82. The molecule has 0 aliphatic rings. The number of phenolic OH excluding ortho intramolecular Hbond substituents is 1. The molecule has 2 aromatic heterocycles. The Balaban J connectivity index is 2.39. The average molecular weight is 262 g/mol. The van der Waals surface area contributed by atoms with Gasteiger partial charge >= 0.3 is 0 Å². The molecule has 1 N–H and O–H groups in total. The zero-order valence-corrected chi connectivity index (χ0v) is 10.3. The van der Waals surface area contributed by atoms with Gasteiger partial charge in [0.05, 0.1) is 5.02 Å². The quantitative estimate of drug-likeness (QED) is 0.708. The Kier molecular flexibility index (Phi) is 2.50. The first kappa shape index (κ1) is 10.6. The van der Waals surface area contributed by atoms with Gasteiger partial charge in [-0.3, -0.25) is 4.98 Å². The van der Waals surface area contributed by atoms with E-state index in [1.807, 2.05) is 22.9 Å². The second-order valence-corrected chi connectivity index (χ2v) is 4.85. The first-order valence-corrected chi connectivity index (χ1v) is 6.38. The van der Waals surface area contributed by atoms with Gasteiger partial charge in [0.15, 0.2) is 0 Å². The lowest BCUT2D eigenvalue weighted by molar-refractivity contribution is 0.482. The highest BCUT2D eigenvalue weighted by molar-refractivity contribution is 7.08. The summed E-state index contributed by atoms with van der Waals surface area (Å²) >= 11 is 7.78. The third-order valence-corrected chi connectivity index (χ3v) is 3.64. The van der Waals surface area contributed by atoms with Gasteiger partial charge in [-0.2, -0.15) is 11.3 Å². The Morgan fingerprint density at radius 2 is 2.18 bits per heavy atom. The molecule has 0 aliphatic carbocycles. The lowest BCUT2D eigenvalue weighted by Gasteiger charge is -2.07. The van der Waals surface area contributed by atoms with Crippen LogP contribution in [0.3, 0.4) is 0 Å². The van der Waals surface area contributed by atoms with Gasteiger partial charge in [-0.05, 0) is 40.6 Å². The molecular weight excluding hydrogens is 254 g/mol. The Hall–Kier alpha value is -1.58. The van der Waals surface area contributed by atoms with Crippen LogP contribution < -0.4 is 0 Å². The van der Waals surface area contributed by atoms with Gasteiger partial charge in [0.1, 0.15) is 11.3 Å². The second kappa shape index (κ2) is 4.02. The van der Waals surface area contributed by atoms with Gasteiger partial charge in [-0.1, -0.05) is 11.6 Å². The Labute approximate surface area is 107 Å². The summed E-state index contributed by atoms with van der Waals surface area (Å²) in [6.07, 6.45) is 1.65. The van der Waals surface area contributed by atoms with Gasteiger partial charge in [0.2, 0.25) is 0 Å². The van der Waals surface area contributed by atoms with Crippen LogP contribution in [0.5, 0.6) is 5.75 Å². The largest absolute Gasteiger partial charge is 0.505 e. The highest BCUT2D eigenvalue weighted by Gasteiger charge is 2.12. The summed E-state index contributed by atoms with van der Waals surface area (Å²) in [6, 6.07) is 7.38. The van der Waals surface area contributed by atoms with Crippen molar-refractivity contribution < 1.29 is 5.11 Å². The maximum atomic E-state index is 10.2. The van der Waals surface area contributed by atoms with E-state index < -0.39 is 0 Å². The van der Waals surface area contributed by atoms with E-state index >= 15 is 0 Å². The summed E-state index contributed by atoms with van der Waals surface area (Å²) in [5.74, 6) is 0.184. The van der Waals surface area contributed by atoms with E-state index in [2.05, 4.69) is 4.98 Å². The number of pyridine rings is 1. The summed E-state index contributed by atoms with van der Waals surface area (Å²) < 4.78 is 0. The standard InChI is InChI=1S/C13H8ClNOS/c14-11-6-10(8-3-5-17-7-8)13(16)12-9(11)2-1-4-15-12/h1-7,16H. The number of thiophene rings is 1. The molecule has 0 saturated heterocycles. The Bertz CT molecular complexity index is 679. The minimum atomic E-state index is 0.184. The van der Waals surface area contributed by atoms with Crippen molar-refractivity contribution in [3.63, 3.8) is 0 Å². The highest BCUT2D eigenvalue weighted by atomic mass is 35.5. The predicted molar refractivity (Wildman–Crippen MR) is 71.7 cm³/mol. The molecular formula is C13H8ClNOS. The van der Waals surface area contributed by atoms with Gasteiger partial charge in [-0.15, -0.1) is 0 Å². The van der Waals surface area contributed by atoms with Crippen molar-refractivity contribution in [1.29, 1.82) is 0 Å². The third kappa shape index (κ3) is 1.68. The number of aromatic nitrogens is 1. The van der Waals surface area contributed by atoms with Crippen molar-refractivity contribution in [2.24, 2.45) is 0 Å². The second-order valence-electron chi connectivity index (χ2n) is 3.67. The van der Waals surface area contributed by atoms with Crippen molar-refractivity contribution in [2.75, 3.05) is 0 Å². The number of hydrogen-bond acceptors (Lipinski definition) is 3. The SMILES string of the molecule is Oc1c(-c2ccsc2)cc(Cl)c2cccnc12. The van der Waals surface area contributed by atoms with Crippen molar-refractivity contribution in [3.8, 4) is 16.9 Å². The lowest BCUT2D eigenvalue weighted by atomic mass is 10.0. The minimum Gasteiger partial charge on any atom is -0.505 e. The highest BCUT2D eigenvalue weighted by Crippen LogP contribution is 2.39. The third-order valence-electron chi connectivity index (χ3n) is 2.65. The van der Waals surface area contributed by atoms with Gasteiger partial charge in [0, 0.05) is 17.1 Å². The summed E-state index contributed by atoms with van der Waals surface area (Å²) in [7, 11) is 0. The number of benzene rings is 1. The van der Waals surface area contributed by atoms with E-state index in [0.29, 0.717) is 10.5 Å². The monoisotopic (exact) mass is 261 g/mol. The van der Waals surface area contributed by atoms with E-state index in [9.17, 15) is 5.11 Å². The number of phenols is 1. The molecule has 0 unspecified atom stereocenters. The van der Waals surface area contributed by atoms with Crippen LogP contribution in [0.4, 0.5) is 0 Å². The molecule has 0 bridgehead atoms.